The molecule has 0 spiro atoms. The fourth-order valence-electron chi connectivity index (χ4n) is 2.61. The maximum absolute atomic E-state index is 3.67. The molecule has 2 nitrogen and oxygen atoms in total. The Morgan fingerprint density at radius 2 is 2.06 bits per heavy atom. The molecule has 0 aliphatic carbocycles. The number of para-hydroxylation sites is 1. The van der Waals surface area contributed by atoms with Gasteiger partial charge in [0.05, 0.1) is 0 Å². The Morgan fingerprint density at radius 3 is 2.76 bits per heavy atom. The normalized spacial score (nSPS) is 17.1. The maximum atomic E-state index is 3.67. The molecule has 1 aromatic rings. The van der Waals surface area contributed by atoms with Crippen molar-refractivity contribution in [3.8, 4) is 0 Å². The van der Waals surface area contributed by atoms with Gasteiger partial charge in [-0.3, -0.25) is 0 Å². The lowest BCUT2D eigenvalue weighted by Crippen LogP contribution is -2.31. The molecular formula is C15H24N2. The van der Waals surface area contributed by atoms with Gasteiger partial charge in [-0.1, -0.05) is 25.1 Å². The van der Waals surface area contributed by atoms with Gasteiger partial charge in [0.1, 0.15) is 0 Å². The molecule has 0 aromatic heterocycles. The van der Waals surface area contributed by atoms with Gasteiger partial charge in [-0.2, -0.15) is 0 Å². The van der Waals surface area contributed by atoms with Gasteiger partial charge in [-0.15, -0.1) is 0 Å². The molecule has 0 radical (unpaired) electrons. The third-order valence-corrected chi connectivity index (χ3v) is 3.77. The van der Waals surface area contributed by atoms with Crippen LogP contribution in [0.5, 0.6) is 0 Å². The predicted octanol–water partition coefficient (Wildman–Crippen LogP) is 2.97. The number of piperidine rings is 1. The second-order valence-electron chi connectivity index (χ2n) is 5.04. The van der Waals surface area contributed by atoms with Crippen LogP contribution in [0.1, 0.15) is 30.9 Å². The first-order valence-corrected chi connectivity index (χ1v) is 6.84. The molecule has 0 bridgehead atoms. The summed E-state index contributed by atoms with van der Waals surface area (Å²) >= 11 is 0. The van der Waals surface area contributed by atoms with Gasteiger partial charge in [-0.25, -0.2) is 0 Å². The Morgan fingerprint density at radius 1 is 1.29 bits per heavy atom. The SMILES string of the molecule is CCc1cccc(C)c1NCC1CCNCC1. The summed E-state index contributed by atoms with van der Waals surface area (Å²) in [6, 6.07) is 6.59. The van der Waals surface area contributed by atoms with Crippen LogP contribution in [0, 0.1) is 12.8 Å². The number of aryl methyl sites for hydroxylation is 2. The van der Waals surface area contributed by atoms with E-state index in [0.717, 1.165) is 18.9 Å². The topological polar surface area (TPSA) is 24.1 Å². The van der Waals surface area contributed by atoms with E-state index in [9.17, 15) is 0 Å². The van der Waals surface area contributed by atoms with Crippen LogP contribution in [-0.4, -0.2) is 19.6 Å². The van der Waals surface area contributed by atoms with Crippen LogP contribution < -0.4 is 10.6 Å². The van der Waals surface area contributed by atoms with E-state index in [-0.39, 0.29) is 0 Å². The zero-order chi connectivity index (χ0) is 12.1. The van der Waals surface area contributed by atoms with Gasteiger partial charge >= 0.3 is 0 Å². The Balaban J connectivity index is 1.97. The van der Waals surface area contributed by atoms with E-state index >= 15 is 0 Å². The molecule has 0 amide bonds. The quantitative estimate of drug-likeness (QED) is 0.834. The van der Waals surface area contributed by atoms with E-state index in [1.807, 2.05) is 0 Å². The standard InChI is InChI=1S/C15H24N2/c1-3-14-6-4-5-12(2)15(14)17-11-13-7-9-16-10-8-13/h4-6,13,16-17H,3,7-11H2,1-2H3. The van der Waals surface area contributed by atoms with Crippen molar-refractivity contribution in [3.63, 3.8) is 0 Å². The van der Waals surface area contributed by atoms with Gasteiger partial charge < -0.3 is 10.6 Å². The Labute approximate surface area is 105 Å². The summed E-state index contributed by atoms with van der Waals surface area (Å²) in [7, 11) is 0. The van der Waals surface area contributed by atoms with Crippen molar-refractivity contribution in [2.24, 2.45) is 5.92 Å². The van der Waals surface area contributed by atoms with Crippen molar-refractivity contribution in [3.05, 3.63) is 29.3 Å². The third-order valence-electron chi connectivity index (χ3n) is 3.77. The number of nitrogens with one attached hydrogen (secondary N) is 2. The molecule has 1 aliphatic rings. The number of benzene rings is 1. The predicted molar refractivity (Wildman–Crippen MR) is 74.6 cm³/mol. The first-order chi connectivity index (χ1) is 8.31. The highest BCUT2D eigenvalue weighted by atomic mass is 14.9. The van der Waals surface area contributed by atoms with Crippen LogP contribution in [0.3, 0.4) is 0 Å². The Bertz CT molecular complexity index is 354. The summed E-state index contributed by atoms with van der Waals surface area (Å²) in [6.07, 6.45) is 3.72. The summed E-state index contributed by atoms with van der Waals surface area (Å²) in [5.41, 5.74) is 4.19. The monoisotopic (exact) mass is 232 g/mol. The van der Waals surface area contributed by atoms with Crippen molar-refractivity contribution in [2.75, 3.05) is 25.0 Å². The van der Waals surface area contributed by atoms with Crippen LogP contribution in [0.2, 0.25) is 0 Å². The molecule has 1 aliphatic heterocycles. The minimum absolute atomic E-state index is 0.834. The molecule has 1 aromatic carbocycles. The number of rotatable bonds is 4. The molecule has 1 saturated heterocycles. The van der Waals surface area contributed by atoms with E-state index in [4.69, 9.17) is 0 Å². The Kier molecular flexibility index (Phi) is 4.43. The smallest absolute Gasteiger partial charge is 0.0402 e. The molecule has 1 heterocycles. The van der Waals surface area contributed by atoms with Crippen molar-refractivity contribution in [1.29, 1.82) is 0 Å². The molecule has 0 saturated carbocycles. The molecule has 94 valence electrons. The van der Waals surface area contributed by atoms with E-state index in [1.54, 1.807) is 0 Å². The minimum atomic E-state index is 0.834. The highest BCUT2D eigenvalue weighted by molar-refractivity contribution is 5.57. The molecule has 1 fully saturated rings. The number of hydrogen-bond acceptors (Lipinski definition) is 2. The largest absolute Gasteiger partial charge is 0.384 e. The van der Waals surface area contributed by atoms with Crippen molar-refractivity contribution in [2.45, 2.75) is 33.1 Å². The first kappa shape index (κ1) is 12.4. The molecule has 0 unspecified atom stereocenters. The summed E-state index contributed by atoms with van der Waals surface area (Å²) in [5, 5.41) is 7.09. The van der Waals surface area contributed by atoms with Crippen LogP contribution in [0.15, 0.2) is 18.2 Å². The summed E-state index contributed by atoms with van der Waals surface area (Å²) in [6.45, 7) is 7.91. The van der Waals surface area contributed by atoms with Gasteiger partial charge in [0.25, 0.3) is 0 Å². The van der Waals surface area contributed by atoms with Gasteiger partial charge in [0.2, 0.25) is 0 Å². The van der Waals surface area contributed by atoms with E-state index in [1.165, 1.54) is 42.7 Å². The number of anilines is 1. The molecular weight excluding hydrogens is 208 g/mol. The lowest BCUT2D eigenvalue weighted by atomic mass is 9.97. The molecule has 0 atom stereocenters. The molecule has 2 rings (SSSR count). The summed E-state index contributed by atoms with van der Waals surface area (Å²) in [4.78, 5) is 0. The van der Waals surface area contributed by atoms with Crippen LogP contribution in [0.25, 0.3) is 0 Å². The zero-order valence-electron chi connectivity index (χ0n) is 11.1. The second-order valence-corrected chi connectivity index (χ2v) is 5.04. The average molecular weight is 232 g/mol. The summed E-state index contributed by atoms with van der Waals surface area (Å²) < 4.78 is 0. The van der Waals surface area contributed by atoms with E-state index in [2.05, 4.69) is 42.7 Å². The highest BCUT2D eigenvalue weighted by Crippen LogP contribution is 2.22. The third kappa shape index (κ3) is 3.22. The zero-order valence-corrected chi connectivity index (χ0v) is 11.1. The minimum Gasteiger partial charge on any atom is -0.384 e. The van der Waals surface area contributed by atoms with Gasteiger partial charge in [0, 0.05) is 12.2 Å². The van der Waals surface area contributed by atoms with E-state index < -0.39 is 0 Å². The van der Waals surface area contributed by atoms with Crippen LogP contribution in [-0.2, 0) is 6.42 Å². The lowest BCUT2D eigenvalue weighted by Gasteiger charge is -2.24. The summed E-state index contributed by atoms with van der Waals surface area (Å²) in [5.74, 6) is 0.834. The van der Waals surface area contributed by atoms with Gasteiger partial charge in [-0.05, 0) is 56.3 Å². The van der Waals surface area contributed by atoms with Crippen LogP contribution in [0.4, 0.5) is 5.69 Å². The Hall–Kier alpha value is -1.02. The van der Waals surface area contributed by atoms with Crippen LogP contribution >= 0.6 is 0 Å². The van der Waals surface area contributed by atoms with Crippen molar-refractivity contribution in [1.82, 2.24) is 5.32 Å². The number of hydrogen-bond donors (Lipinski definition) is 2. The second kappa shape index (κ2) is 6.06. The van der Waals surface area contributed by atoms with E-state index in [0.29, 0.717) is 0 Å². The average Bonchev–Trinajstić information content (AvgIpc) is 2.38. The van der Waals surface area contributed by atoms with Crippen molar-refractivity contribution < 1.29 is 0 Å². The van der Waals surface area contributed by atoms with Gasteiger partial charge in [0.15, 0.2) is 0 Å². The fraction of sp³-hybridized carbons (Fsp3) is 0.600. The fourth-order valence-corrected chi connectivity index (χ4v) is 2.61. The van der Waals surface area contributed by atoms with Crippen molar-refractivity contribution >= 4 is 5.69 Å². The molecule has 2 N–H and O–H groups in total. The lowest BCUT2D eigenvalue weighted by molar-refractivity contribution is 0.390. The molecule has 17 heavy (non-hydrogen) atoms. The molecule has 2 heteroatoms. The first-order valence-electron chi connectivity index (χ1n) is 6.84. The highest BCUT2D eigenvalue weighted by Gasteiger charge is 2.13. The maximum Gasteiger partial charge on any atom is 0.0402 e.